The normalized spacial score (nSPS) is 16.3. The number of amidine groups is 1. The number of carbonyl (C=O) groups is 3. The Balaban J connectivity index is 2.09. The first kappa shape index (κ1) is 22.2. The first-order chi connectivity index (χ1) is 13.7. The largest absolute Gasteiger partial charge is 0.494 e. The Morgan fingerprint density at radius 1 is 1.34 bits per heavy atom. The van der Waals surface area contributed by atoms with Gasteiger partial charge in [0.05, 0.1) is 18.6 Å². The topological polar surface area (TPSA) is 146 Å². The molecule has 1 aliphatic heterocycles. The number of carbonyl (C=O) groups excluding carboxylic acids is 2. The van der Waals surface area contributed by atoms with Gasteiger partial charge >= 0.3 is 17.8 Å². The van der Waals surface area contributed by atoms with Gasteiger partial charge in [0.1, 0.15) is 11.6 Å². The lowest BCUT2D eigenvalue weighted by atomic mass is 9.77. The van der Waals surface area contributed by atoms with E-state index < -0.39 is 23.3 Å². The van der Waals surface area contributed by atoms with Gasteiger partial charge < -0.3 is 25.8 Å². The summed E-state index contributed by atoms with van der Waals surface area (Å²) < 4.78 is 5.71. The molecule has 9 nitrogen and oxygen atoms in total. The van der Waals surface area contributed by atoms with E-state index in [1.54, 1.807) is 24.3 Å². The van der Waals surface area contributed by atoms with Gasteiger partial charge in [-0.05, 0) is 43.0 Å². The van der Waals surface area contributed by atoms with E-state index in [2.05, 4.69) is 5.32 Å². The highest BCUT2D eigenvalue weighted by atomic mass is 16.5. The van der Waals surface area contributed by atoms with Gasteiger partial charge in [-0.25, -0.2) is 0 Å². The van der Waals surface area contributed by atoms with E-state index in [1.165, 1.54) is 4.90 Å². The fraction of sp³-hybridized carbons (Fsp3) is 0.500. The number of amides is 2. The zero-order chi connectivity index (χ0) is 21.6. The maximum atomic E-state index is 12.5. The van der Waals surface area contributed by atoms with Gasteiger partial charge in [0, 0.05) is 18.7 Å². The van der Waals surface area contributed by atoms with Crippen molar-refractivity contribution in [1.29, 1.82) is 5.41 Å². The maximum absolute atomic E-state index is 12.5. The molecule has 1 aromatic rings. The van der Waals surface area contributed by atoms with Gasteiger partial charge in [-0.1, -0.05) is 13.8 Å². The Labute approximate surface area is 169 Å². The third kappa shape index (κ3) is 5.24. The number of nitrogen functional groups attached to an aromatic ring is 1. The molecule has 1 heterocycles. The van der Waals surface area contributed by atoms with Crippen LogP contribution >= 0.6 is 0 Å². The van der Waals surface area contributed by atoms with E-state index in [0.717, 1.165) is 0 Å². The second-order valence-corrected chi connectivity index (χ2v) is 7.43. The lowest BCUT2D eigenvalue weighted by molar-refractivity contribution is -0.158. The molecule has 1 aromatic carbocycles. The average Bonchev–Trinajstić information content (AvgIpc) is 2.66. The van der Waals surface area contributed by atoms with Crippen molar-refractivity contribution in [3.8, 4) is 5.75 Å². The van der Waals surface area contributed by atoms with Gasteiger partial charge in [-0.15, -0.1) is 0 Å². The minimum Gasteiger partial charge on any atom is -0.494 e. The quantitative estimate of drug-likeness (QED) is 0.198. The van der Waals surface area contributed by atoms with Crippen molar-refractivity contribution in [3.63, 3.8) is 0 Å². The van der Waals surface area contributed by atoms with Gasteiger partial charge in [-0.2, -0.15) is 0 Å². The van der Waals surface area contributed by atoms with E-state index in [9.17, 15) is 19.5 Å². The van der Waals surface area contributed by atoms with Crippen LogP contribution in [-0.4, -0.2) is 58.9 Å². The van der Waals surface area contributed by atoms with Crippen molar-refractivity contribution >= 4 is 23.6 Å². The summed E-state index contributed by atoms with van der Waals surface area (Å²) in [5.74, 6) is -1.99. The number of nitrogens with zero attached hydrogens (tertiary/aromatic N) is 1. The lowest BCUT2D eigenvalue weighted by Gasteiger charge is -2.47. The van der Waals surface area contributed by atoms with Gasteiger partial charge in [0.15, 0.2) is 0 Å². The first-order valence-electron chi connectivity index (χ1n) is 9.56. The molecule has 5 N–H and O–H groups in total. The number of benzene rings is 1. The number of nitrogens with one attached hydrogen (secondary N) is 2. The molecule has 1 unspecified atom stereocenters. The molecule has 9 heteroatoms. The summed E-state index contributed by atoms with van der Waals surface area (Å²) in [4.78, 5) is 37.3. The number of rotatable bonds is 10. The average molecular weight is 404 g/mol. The molecular formula is C20H28N4O5. The summed E-state index contributed by atoms with van der Waals surface area (Å²) in [5, 5.41) is 19.4. The van der Waals surface area contributed by atoms with Crippen LogP contribution < -0.4 is 15.8 Å². The monoisotopic (exact) mass is 404 g/mol. The summed E-state index contributed by atoms with van der Waals surface area (Å²) >= 11 is 0. The van der Waals surface area contributed by atoms with Crippen molar-refractivity contribution in [3.05, 3.63) is 29.8 Å². The van der Waals surface area contributed by atoms with Crippen LogP contribution in [0.5, 0.6) is 5.75 Å². The van der Waals surface area contributed by atoms with Crippen molar-refractivity contribution in [2.24, 2.45) is 11.7 Å². The Morgan fingerprint density at radius 2 is 2.00 bits per heavy atom. The molecule has 29 heavy (non-hydrogen) atoms. The number of carboxylic acid groups (broad SMARTS) is 1. The van der Waals surface area contributed by atoms with Crippen molar-refractivity contribution in [2.75, 3.05) is 19.7 Å². The highest BCUT2D eigenvalue weighted by molar-refractivity contribution is 6.35. The molecule has 0 bridgehead atoms. The molecular weight excluding hydrogens is 376 g/mol. The van der Waals surface area contributed by atoms with Gasteiger partial charge in [0.2, 0.25) is 0 Å². The lowest BCUT2D eigenvalue weighted by Crippen LogP contribution is -2.64. The minimum atomic E-state index is -1.02. The van der Waals surface area contributed by atoms with Crippen LogP contribution in [0.25, 0.3) is 0 Å². The molecule has 2 amide bonds. The number of nitrogens with two attached hydrogens (primary N) is 1. The van der Waals surface area contributed by atoms with E-state index in [-0.39, 0.29) is 24.7 Å². The van der Waals surface area contributed by atoms with Crippen LogP contribution in [0.1, 0.15) is 38.7 Å². The molecule has 2 rings (SSSR count). The SMILES string of the molecule is CC(C)C(CCCOc1ccc(C(=N)N)cc1)(CC(=O)O)N1CCNC(=O)C1=O. The molecule has 0 aliphatic carbocycles. The molecule has 0 aromatic heterocycles. The Kier molecular flexibility index (Phi) is 7.19. The molecule has 0 radical (unpaired) electrons. The number of ether oxygens (including phenoxy) is 1. The predicted octanol–water partition coefficient (Wildman–Crippen LogP) is 0.958. The van der Waals surface area contributed by atoms with E-state index in [4.69, 9.17) is 15.9 Å². The van der Waals surface area contributed by atoms with E-state index in [0.29, 0.717) is 37.3 Å². The van der Waals surface area contributed by atoms with Crippen LogP contribution in [0.3, 0.4) is 0 Å². The Morgan fingerprint density at radius 3 is 2.55 bits per heavy atom. The number of piperazine rings is 1. The molecule has 1 aliphatic rings. The third-order valence-electron chi connectivity index (χ3n) is 5.32. The van der Waals surface area contributed by atoms with Crippen molar-refractivity contribution < 1.29 is 24.2 Å². The fourth-order valence-corrected chi connectivity index (χ4v) is 3.69. The zero-order valence-electron chi connectivity index (χ0n) is 16.7. The summed E-state index contributed by atoms with van der Waals surface area (Å²) in [7, 11) is 0. The van der Waals surface area contributed by atoms with Crippen LogP contribution in [-0.2, 0) is 14.4 Å². The van der Waals surface area contributed by atoms with Crippen LogP contribution in [0.2, 0.25) is 0 Å². The summed E-state index contributed by atoms with van der Waals surface area (Å²) in [6, 6.07) is 6.79. The molecule has 1 fully saturated rings. The number of hydrogen-bond acceptors (Lipinski definition) is 5. The second-order valence-electron chi connectivity index (χ2n) is 7.43. The Bertz CT molecular complexity index is 778. The molecule has 0 spiro atoms. The highest BCUT2D eigenvalue weighted by Gasteiger charge is 2.46. The zero-order valence-corrected chi connectivity index (χ0v) is 16.7. The van der Waals surface area contributed by atoms with Crippen molar-refractivity contribution in [1.82, 2.24) is 10.2 Å². The van der Waals surface area contributed by atoms with Crippen LogP contribution in [0.15, 0.2) is 24.3 Å². The third-order valence-corrected chi connectivity index (χ3v) is 5.32. The number of carboxylic acids is 1. The van der Waals surface area contributed by atoms with Gasteiger partial charge in [0.25, 0.3) is 0 Å². The molecule has 158 valence electrons. The predicted molar refractivity (Wildman–Crippen MR) is 107 cm³/mol. The highest BCUT2D eigenvalue weighted by Crippen LogP contribution is 2.35. The second kappa shape index (κ2) is 9.40. The number of aliphatic carboxylic acids is 1. The van der Waals surface area contributed by atoms with E-state index in [1.807, 2.05) is 13.8 Å². The van der Waals surface area contributed by atoms with Gasteiger partial charge in [-0.3, -0.25) is 19.8 Å². The minimum absolute atomic E-state index is 0.0258. The molecule has 1 atom stereocenters. The fourth-order valence-electron chi connectivity index (χ4n) is 3.69. The van der Waals surface area contributed by atoms with Crippen molar-refractivity contribution in [2.45, 2.75) is 38.6 Å². The number of hydrogen-bond donors (Lipinski definition) is 4. The van der Waals surface area contributed by atoms with E-state index >= 15 is 0 Å². The first-order valence-corrected chi connectivity index (χ1v) is 9.56. The summed E-state index contributed by atoms with van der Waals surface area (Å²) in [6.07, 6.45) is 0.657. The van der Waals surface area contributed by atoms with Crippen LogP contribution in [0, 0.1) is 11.3 Å². The van der Waals surface area contributed by atoms with Crippen LogP contribution in [0.4, 0.5) is 0 Å². The standard InChI is InChI=1S/C20H28N4O5/c1-13(2)20(12-16(25)26,24-10-9-23-18(27)19(24)28)8-3-11-29-15-6-4-14(5-7-15)17(21)22/h4-7,13H,3,8-12H2,1-2H3,(H3,21,22)(H,23,27)(H,25,26). The summed E-state index contributed by atoms with van der Waals surface area (Å²) in [6.45, 7) is 4.64. The smallest absolute Gasteiger partial charge is 0.312 e. The maximum Gasteiger partial charge on any atom is 0.312 e. The molecule has 1 saturated heterocycles. The molecule has 0 saturated carbocycles. The Hall–Kier alpha value is -3.10. The summed E-state index contributed by atoms with van der Waals surface area (Å²) in [5.41, 5.74) is 5.05.